The van der Waals surface area contributed by atoms with Crippen LogP contribution in [-0.2, 0) is 19.6 Å². The number of hydrogen-bond acceptors (Lipinski definition) is 4. The third-order valence-corrected chi connectivity index (χ3v) is 4.58. The number of nitrogens with one attached hydrogen (secondary N) is 1. The van der Waals surface area contributed by atoms with Crippen molar-refractivity contribution in [3.63, 3.8) is 0 Å². The van der Waals surface area contributed by atoms with Crippen LogP contribution in [0, 0.1) is 0 Å². The van der Waals surface area contributed by atoms with Crippen molar-refractivity contribution in [2.75, 3.05) is 17.1 Å². The zero-order valence-corrected chi connectivity index (χ0v) is 13.3. The molecule has 1 rings (SSSR count). The van der Waals surface area contributed by atoms with Crippen LogP contribution in [0.2, 0.25) is 5.02 Å². The Labute approximate surface area is 125 Å². The Kier molecular flexibility index (Phi) is 6.09. The van der Waals surface area contributed by atoms with Gasteiger partial charge in [0.25, 0.3) is 0 Å². The van der Waals surface area contributed by atoms with Crippen LogP contribution < -0.4 is 4.72 Å². The smallest absolute Gasteiger partial charge is 0.306 e. The number of esters is 1. The average Bonchev–Trinajstić information content (AvgIpc) is 2.32. The zero-order chi connectivity index (χ0) is 14.5. The fourth-order valence-electron chi connectivity index (χ4n) is 1.24. The highest BCUT2D eigenvalue weighted by Crippen LogP contribution is 2.26. The van der Waals surface area contributed by atoms with Gasteiger partial charge in [-0.05, 0) is 41.1 Å². The normalized spacial score (nSPS) is 11.1. The minimum Gasteiger partial charge on any atom is -0.466 e. The minimum absolute atomic E-state index is 0.183. The van der Waals surface area contributed by atoms with Gasteiger partial charge in [-0.2, -0.15) is 0 Å². The molecule has 0 radical (unpaired) electrons. The molecule has 0 bridgehead atoms. The molecule has 0 spiro atoms. The molecule has 0 aliphatic rings. The number of sulfonamides is 1. The Morgan fingerprint density at radius 2 is 2.16 bits per heavy atom. The van der Waals surface area contributed by atoms with Gasteiger partial charge in [-0.15, -0.1) is 0 Å². The maximum Gasteiger partial charge on any atom is 0.306 e. The summed E-state index contributed by atoms with van der Waals surface area (Å²) in [7, 11) is -3.59. The number of rotatable bonds is 6. The average molecular weight is 371 g/mol. The number of ether oxygens (including phenoxy) is 1. The predicted octanol–water partition coefficient (Wildman–Crippen LogP) is 2.80. The molecule has 1 N–H and O–H groups in total. The number of carbonyl (C=O) groups excluding carboxylic acids is 1. The van der Waals surface area contributed by atoms with Gasteiger partial charge < -0.3 is 4.74 Å². The number of hydrogen-bond donors (Lipinski definition) is 1. The van der Waals surface area contributed by atoms with Gasteiger partial charge in [0.1, 0.15) is 0 Å². The highest BCUT2D eigenvalue weighted by atomic mass is 79.9. The summed E-state index contributed by atoms with van der Waals surface area (Å²) in [4.78, 5) is 11.1. The lowest BCUT2D eigenvalue weighted by molar-refractivity contribution is -0.142. The Morgan fingerprint density at radius 1 is 1.47 bits per heavy atom. The van der Waals surface area contributed by atoms with Crippen LogP contribution >= 0.6 is 27.5 Å². The van der Waals surface area contributed by atoms with E-state index in [1.807, 2.05) is 0 Å². The van der Waals surface area contributed by atoms with Crippen molar-refractivity contribution in [1.82, 2.24) is 0 Å². The second kappa shape index (κ2) is 7.12. The summed E-state index contributed by atoms with van der Waals surface area (Å²) in [6.45, 7) is 1.90. The second-order valence-corrected chi connectivity index (χ2v) is 6.71. The van der Waals surface area contributed by atoms with E-state index in [-0.39, 0.29) is 18.8 Å². The minimum atomic E-state index is -3.59. The van der Waals surface area contributed by atoms with E-state index in [4.69, 9.17) is 11.6 Å². The largest absolute Gasteiger partial charge is 0.466 e. The first-order valence-corrected chi connectivity index (χ1v) is 8.27. The molecule has 0 saturated heterocycles. The maximum atomic E-state index is 11.7. The molecule has 0 aromatic heterocycles. The Balaban J connectivity index is 2.64. The van der Waals surface area contributed by atoms with Crippen LogP contribution in [0.3, 0.4) is 0 Å². The van der Waals surface area contributed by atoms with Crippen LogP contribution in [0.4, 0.5) is 5.69 Å². The summed E-state index contributed by atoms with van der Waals surface area (Å²) in [5.74, 6) is -0.864. The lowest BCUT2D eigenvalue weighted by Crippen LogP contribution is -2.19. The molecule has 0 unspecified atom stereocenters. The van der Waals surface area contributed by atoms with Crippen LogP contribution in [0.1, 0.15) is 13.3 Å². The summed E-state index contributed by atoms with van der Waals surface area (Å²) in [6.07, 6.45) is -0.183. The molecule has 0 amide bonds. The quantitative estimate of drug-likeness (QED) is 0.782. The molecule has 1 aromatic carbocycles. The number of halogens is 2. The monoisotopic (exact) mass is 369 g/mol. The van der Waals surface area contributed by atoms with Crippen LogP contribution in [0.5, 0.6) is 0 Å². The fraction of sp³-hybridized carbons (Fsp3) is 0.364. The SMILES string of the molecule is CCOC(=O)CCS(=O)(=O)Nc1ccc(Cl)c(Br)c1. The standard InChI is InChI=1S/C11H13BrClNO4S/c1-2-18-11(15)5-6-19(16,17)14-8-3-4-10(13)9(12)7-8/h3-4,7,14H,2,5-6H2,1H3. The molecule has 1 aromatic rings. The van der Waals surface area contributed by atoms with Crippen molar-refractivity contribution in [3.05, 3.63) is 27.7 Å². The van der Waals surface area contributed by atoms with Crippen molar-refractivity contribution < 1.29 is 17.9 Å². The van der Waals surface area contributed by atoms with E-state index in [9.17, 15) is 13.2 Å². The molecular formula is C11H13BrClNO4S. The van der Waals surface area contributed by atoms with Crippen LogP contribution in [-0.4, -0.2) is 26.7 Å². The molecule has 8 heteroatoms. The molecule has 5 nitrogen and oxygen atoms in total. The molecule has 106 valence electrons. The number of benzene rings is 1. The van der Waals surface area contributed by atoms with Crippen LogP contribution in [0.15, 0.2) is 22.7 Å². The predicted molar refractivity (Wildman–Crippen MR) is 77.8 cm³/mol. The van der Waals surface area contributed by atoms with E-state index < -0.39 is 16.0 Å². The topological polar surface area (TPSA) is 72.5 Å². The number of anilines is 1. The summed E-state index contributed by atoms with van der Waals surface area (Å²) < 4.78 is 31.1. The molecule has 0 atom stereocenters. The fourth-order valence-corrected chi connectivity index (χ4v) is 2.76. The van der Waals surface area contributed by atoms with Crippen molar-refractivity contribution in [2.45, 2.75) is 13.3 Å². The van der Waals surface area contributed by atoms with Gasteiger partial charge >= 0.3 is 5.97 Å². The molecule has 0 aliphatic carbocycles. The molecular weight excluding hydrogens is 358 g/mol. The lowest BCUT2D eigenvalue weighted by Gasteiger charge is -2.08. The van der Waals surface area contributed by atoms with E-state index in [1.54, 1.807) is 19.1 Å². The zero-order valence-electron chi connectivity index (χ0n) is 10.2. The first kappa shape index (κ1) is 16.3. The van der Waals surface area contributed by atoms with Gasteiger partial charge in [-0.25, -0.2) is 8.42 Å². The Bertz CT molecular complexity index is 562. The summed E-state index contributed by atoms with van der Waals surface area (Å²) >= 11 is 9.00. The first-order chi connectivity index (χ1) is 8.84. The van der Waals surface area contributed by atoms with E-state index in [2.05, 4.69) is 25.4 Å². The van der Waals surface area contributed by atoms with E-state index >= 15 is 0 Å². The molecule has 0 saturated carbocycles. The molecule has 0 aliphatic heterocycles. The van der Waals surface area contributed by atoms with Gasteiger partial charge in [0.2, 0.25) is 10.0 Å². The summed E-state index contributed by atoms with van der Waals surface area (Å²) in [6, 6.07) is 4.65. The molecule has 0 fully saturated rings. The van der Waals surface area contributed by atoms with Crippen molar-refractivity contribution in [3.8, 4) is 0 Å². The van der Waals surface area contributed by atoms with Gasteiger partial charge in [0.15, 0.2) is 0 Å². The molecule has 19 heavy (non-hydrogen) atoms. The van der Waals surface area contributed by atoms with Crippen molar-refractivity contribution in [1.29, 1.82) is 0 Å². The van der Waals surface area contributed by atoms with E-state index in [0.29, 0.717) is 15.2 Å². The van der Waals surface area contributed by atoms with Crippen LogP contribution in [0.25, 0.3) is 0 Å². The van der Waals surface area contributed by atoms with E-state index in [1.165, 1.54) is 6.07 Å². The third kappa shape index (κ3) is 5.80. The highest BCUT2D eigenvalue weighted by Gasteiger charge is 2.14. The van der Waals surface area contributed by atoms with Gasteiger partial charge in [0, 0.05) is 10.2 Å². The van der Waals surface area contributed by atoms with Crippen molar-refractivity contribution in [2.24, 2.45) is 0 Å². The lowest BCUT2D eigenvalue weighted by atomic mass is 10.3. The second-order valence-electron chi connectivity index (χ2n) is 3.60. The highest BCUT2D eigenvalue weighted by molar-refractivity contribution is 9.10. The van der Waals surface area contributed by atoms with Gasteiger partial charge in [-0.1, -0.05) is 11.6 Å². The third-order valence-electron chi connectivity index (χ3n) is 2.07. The molecule has 0 heterocycles. The Morgan fingerprint density at radius 3 is 2.74 bits per heavy atom. The maximum absolute atomic E-state index is 11.7. The van der Waals surface area contributed by atoms with Gasteiger partial charge in [0.05, 0.1) is 23.8 Å². The summed E-state index contributed by atoms with van der Waals surface area (Å²) in [5.41, 5.74) is 0.375. The number of carbonyl (C=O) groups is 1. The van der Waals surface area contributed by atoms with Gasteiger partial charge in [-0.3, -0.25) is 9.52 Å². The first-order valence-electron chi connectivity index (χ1n) is 5.45. The Hall–Kier alpha value is -0.790. The summed E-state index contributed by atoms with van der Waals surface area (Å²) in [5, 5.41) is 0.481. The van der Waals surface area contributed by atoms with Crippen molar-refractivity contribution >= 4 is 49.2 Å². The van der Waals surface area contributed by atoms with E-state index in [0.717, 1.165) is 0 Å².